The van der Waals surface area contributed by atoms with Crippen LogP contribution in [0.4, 0.5) is 5.69 Å². The summed E-state index contributed by atoms with van der Waals surface area (Å²) in [6.07, 6.45) is 1.12. The first-order chi connectivity index (χ1) is 8.68. The van der Waals surface area contributed by atoms with Gasteiger partial charge in [0.2, 0.25) is 0 Å². The molecule has 0 bridgehead atoms. The average Bonchev–Trinajstić information content (AvgIpc) is 2.39. The molecule has 0 radical (unpaired) electrons. The Morgan fingerprint density at radius 2 is 2.22 bits per heavy atom. The third-order valence-electron chi connectivity index (χ3n) is 3.78. The van der Waals surface area contributed by atoms with Gasteiger partial charge < -0.3 is 15.0 Å². The maximum Gasteiger partial charge on any atom is 0.0621 e. The van der Waals surface area contributed by atoms with Crippen LogP contribution in [0.15, 0.2) is 24.3 Å². The zero-order valence-corrected chi connectivity index (χ0v) is 11.6. The van der Waals surface area contributed by atoms with Crippen molar-refractivity contribution in [2.45, 2.75) is 32.4 Å². The molecule has 3 nitrogen and oxygen atoms in total. The van der Waals surface area contributed by atoms with Crippen LogP contribution in [0.1, 0.15) is 18.9 Å². The van der Waals surface area contributed by atoms with E-state index in [-0.39, 0.29) is 0 Å². The number of ether oxygens (including phenoxy) is 1. The molecular weight excluding hydrogens is 224 g/mol. The van der Waals surface area contributed by atoms with E-state index in [2.05, 4.69) is 55.4 Å². The third kappa shape index (κ3) is 3.24. The van der Waals surface area contributed by atoms with Crippen molar-refractivity contribution in [1.82, 2.24) is 5.32 Å². The summed E-state index contributed by atoms with van der Waals surface area (Å²) in [4.78, 5) is 2.37. The molecule has 0 aromatic heterocycles. The van der Waals surface area contributed by atoms with Crippen LogP contribution >= 0.6 is 0 Å². The lowest BCUT2D eigenvalue weighted by molar-refractivity contribution is 0.0724. The fourth-order valence-corrected chi connectivity index (χ4v) is 2.54. The molecule has 2 unspecified atom stereocenters. The normalized spacial score (nSPS) is 21.6. The van der Waals surface area contributed by atoms with E-state index in [0.717, 1.165) is 26.2 Å². The topological polar surface area (TPSA) is 24.5 Å². The van der Waals surface area contributed by atoms with E-state index in [0.29, 0.717) is 12.1 Å². The molecule has 2 rings (SSSR count). The van der Waals surface area contributed by atoms with Crippen molar-refractivity contribution >= 4 is 5.69 Å². The summed E-state index contributed by atoms with van der Waals surface area (Å²) in [7, 11) is 2.18. The SMILES string of the molecule is Cc1ccccc1N(C)C(C)CC1COCCN1. The summed E-state index contributed by atoms with van der Waals surface area (Å²) in [5, 5.41) is 3.52. The highest BCUT2D eigenvalue weighted by molar-refractivity contribution is 5.52. The molecule has 100 valence electrons. The monoisotopic (exact) mass is 248 g/mol. The van der Waals surface area contributed by atoms with E-state index in [1.54, 1.807) is 0 Å². The van der Waals surface area contributed by atoms with E-state index in [1.165, 1.54) is 11.3 Å². The second-order valence-electron chi connectivity index (χ2n) is 5.21. The van der Waals surface area contributed by atoms with Gasteiger partial charge in [-0.3, -0.25) is 0 Å². The Hall–Kier alpha value is -1.06. The summed E-state index contributed by atoms with van der Waals surface area (Å²) in [5.74, 6) is 0. The molecule has 1 N–H and O–H groups in total. The summed E-state index contributed by atoms with van der Waals surface area (Å²) in [6.45, 7) is 7.11. The lowest BCUT2D eigenvalue weighted by Gasteiger charge is -2.33. The fourth-order valence-electron chi connectivity index (χ4n) is 2.54. The van der Waals surface area contributed by atoms with Gasteiger partial charge >= 0.3 is 0 Å². The quantitative estimate of drug-likeness (QED) is 0.884. The van der Waals surface area contributed by atoms with Crippen LogP contribution in [0, 0.1) is 6.92 Å². The highest BCUT2D eigenvalue weighted by Gasteiger charge is 2.19. The van der Waals surface area contributed by atoms with Crippen LogP contribution in [-0.2, 0) is 4.74 Å². The summed E-state index contributed by atoms with van der Waals surface area (Å²) in [6, 6.07) is 9.55. The number of aryl methyl sites for hydroxylation is 1. The Morgan fingerprint density at radius 1 is 1.44 bits per heavy atom. The van der Waals surface area contributed by atoms with Gasteiger partial charge in [-0.25, -0.2) is 0 Å². The number of benzene rings is 1. The van der Waals surface area contributed by atoms with E-state index >= 15 is 0 Å². The van der Waals surface area contributed by atoms with Crippen molar-refractivity contribution in [2.75, 3.05) is 31.7 Å². The molecule has 1 aromatic carbocycles. The number of nitrogens with zero attached hydrogens (tertiary/aromatic N) is 1. The molecule has 18 heavy (non-hydrogen) atoms. The van der Waals surface area contributed by atoms with Gasteiger partial charge in [-0.05, 0) is 31.9 Å². The Bertz CT molecular complexity index is 375. The first-order valence-corrected chi connectivity index (χ1v) is 6.78. The minimum atomic E-state index is 0.486. The highest BCUT2D eigenvalue weighted by Crippen LogP contribution is 2.21. The lowest BCUT2D eigenvalue weighted by Crippen LogP contribution is -2.45. The van der Waals surface area contributed by atoms with E-state index in [1.807, 2.05) is 0 Å². The van der Waals surface area contributed by atoms with Crippen molar-refractivity contribution < 1.29 is 4.74 Å². The molecule has 1 heterocycles. The van der Waals surface area contributed by atoms with Gasteiger partial charge in [0.05, 0.1) is 13.2 Å². The molecule has 1 saturated heterocycles. The zero-order valence-electron chi connectivity index (χ0n) is 11.6. The van der Waals surface area contributed by atoms with Gasteiger partial charge in [0.1, 0.15) is 0 Å². The van der Waals surface area contributed by atoms with Gasteiger partial charge in [0.15, 0.2) is 0 Å². The second-order valence-corrected chi connectivity index (χ2v) is 5.21. The summed E-state index contributed by atoms with van der Waals surface area (Å²) in [5.41, 5.74) is 2.65. The van der Waals surface area contributed by atoms with Crippen molar-refractivity contribution in [1.29, 1.82) is 0 Å². The number of morpholine rings is 1. The van der Waals surface area contributed by atoms with Crippen molar-refractivity contribution in [3.63, 3.8) is 0 Å². The molecule has 1 aliphatic rings. The molecule has 1 fully saturated rings. The van der Waals surface area contributed by atoms with Crippen LogP contribution in [0.5, 0.6) is 0 Å². The maximum absolute atomic E-state index is 5.51. The molecule has 3 heteroatoms. The lowest BCUT2D eigenvalue weighted by atomic mass is 10.1. The van der Waals surface area contributed by atoms with Crippen LogP contribution in [0.2, 0.25) is 0 Å². The first-order valence-electron chi connectivity index (χ1n) is 6.78. The number of hydrogen-bond acceptors (Lipinski definition) is 3. The molecule has 0 spiro atoms. The van der Waals surface area contributed by atoms with E-state index in [4.69, 9.17) is 4.74 Å². The van der Waals surface area contributed by atoms with Crippen molar-refractivity contribution in [3.05, 3.63) is 29.8 Å². The second kappa shape index (κ2) is 6.21. The molecular formula is C15H24N2O. The van der Waals surface area contributed by atoms with Crippen molar-refractivity contribution in [2.24, 2.45) is 0 Å². The smallest absolute Gasteiger partial charge is 0.0621 e. The fraction of sp³-hybridized carbons (Fsp3) is 0.600. The Kier molecular flexibility index (Phi) is 4.61. The van der Waals surface area contributed by atoms with E-state index < -0.39 is 0 Å². The standard InChI is InChI=1S/C15H24N2O/c1-12-6-4-5-7-15(12)17(3)13(2)10-14-11-18-9-8-16-14/h4-7,13-14,16H,8-11H2,1-3H3. The van der Waals surface area contributed by atoms with E-state index in [9.17, 15) is 0 Å². The minimum absolute atomic E-state index is 0.486. The highest BCUT2D eigenvalue weighted by atomic mass is 16.5. The third-order valence-corrected chi connectivity index (χ3v) is 3.78. The number of nitrogens with one attached hydrogen (secondary N) is 1. The van der Waals surface area contributed by atoms with Crippen LogP contribution in [-0.4, -0.2) is 38.9 Å². The predicted molar refractivity (Wildman–Crippen MR) is 76.3 cm³/mol. The molecule has 0 aliphatic carbocycles. The van der Waals surface area contributed by atoms with Gasteiger partial charge in [0, 0.05) is 31.4 Å². The zero-order chi connectivity index (χ0) is 13.0. The maximum atomic E-state index is 5.51. The summed E-state index contributed by atoms with van der Waals surface area (Å²) < 4.78 is 5.51. The van der Waals surface area contributed by atoms with Crippen LogP contribution < -0.4 is 10.2 Å². The van der Waals surface area contributed by atoms with Gasteiger partial charge in [-0.15, -0.1) is 0 Å². The van der Waals surface area contributed by atoms with Gasteiger partial charge in [-0.1, -0.05) is 18.2 Å². The summed E-state index contributed by atoms with van der Waals surface area (Å²) >= 11 is 0. The Balaban J connectivity index is 1.95. The Morgan fingerprint density at radius 3 is 2.89 bits per heavy atom. The van der Waals surface area contributed by atoms with Crippen molar-refractivity contribution in [3.8, 4) is 0 Å². The molecule has 1 aromatic rings. The first kappa shape index (κ1) is 13.4. The number of hydrogen-bond donors (Lipinski definition) is 1. The number of rotatable bonds is 4. The predicted octanol–water partition coefficient (Wildman–Crippen LogP) is 2.20. The van der Waals surface area contributed by atoms with Gasteiger partial charge in [-0.2, -0.15) is 0 Å². The molecule has 0 saturated carbocycles. The van der Waals surface area contributed by atoms with Crippen LogP contribution in [0.3, 0.4) is 0 Å². The average molecular weight is 248 g/mol. The molecule has 2 atom stereocenters. The minimum Gasteiger partial charge on any atom is -0.379 e. The van der Waals surface area contributed by atoms with Crippen LogP contribution in [0.25, 0.3) is 0 Å². The number of para-hydroxylation sites is 1. The Labute approximate surface area is 110 Å². The molecule has 0 amide bonds. The van der Waals surface area contributed by atoms with Gasteiger partial charge in [0.25, 0.3) is 0 Å². The number of anilines is 1. The molecule has 1 aliphatic heterocycles. The largest absolute Gasteiger partial charge is 0.379 e.